The van der Waals surface area contributed by atoms with Gasteiger partial charge in [-0.3, -0.25) is 0 Å². The first kappa shape index (κ1) is 27.4. The highest BCUT2D eigenvalue weighted by Gasteiger charge is 2.55. The molecule has 2 aliphatic carbocycles. The Bertz CT molecular complexity index is 2100. The number of thiophene rings is 1. The molecule has 0 amide bonds. The summed E-state index contributed by atoms with van der Waals surface area (Å²) >= 11 is 1.74. The maximum absolute atomic E-state index is 5.29. The molecule has 0 spiro atoms. The molecule has 9 rings (SSSR count). The molecule has 46 heavy (non-hydrogen) atoms. The van der Waals surface area contributed by atoms with Crippen molar-refractivity contribution in [1.29, 1.82) is 0 Å². The smallest absolute Gasteiger partial charge is 0.174 e. The highest BCUT2D eigenvalue weighted by atomic mass is 32.1. The predicted molar refractivity (Wildman–Crippen MR) is 189 cm³/mol. The lowest BCUT2D eigenvalue weighted by Crippen LogP contribution is -2.36. The average molecular weight is 612 g/mol. The Morgan fingerprint density at radius 1 is 0.565 bits per heavy atom. The molecular weight excluding hydrogens is 579 g/mol. The summed E-state index contributed by atoms with van der Waals surface area (Å²) in [5.41, 5.74) is 7.49. The molecule has 2 heterocycles. The number of hydrogen-bond acceptors (Lipinski definition) is 4. The fraction of sp³-hybridized carbons (Fsp3) is 0.167. The number of fused-ring (bicyclic) bond motifs is 4. The second-order valence-electron chi connectivity index (χ2n) is 12.6. The Hall–Kier alpha value is -4.93. The third-order valence-electron chi connectivity index (χ3n) is 10.2. The van der Waals surface area contributed by atoms with Crippen LogP contribution in [0.25, 0.3) is 43.6 Å². The van der Waals surface area contributed by atoms with Crippen molar-refractivity contribution in [2.75, 3.05) is 0 Å². The zero-order valence-electron chi connectivity index (χ0n) is 25.5. The van der Waals surface area contributed by atoms with Crippen LogP contribution < -0.4 is 0 Å². The summed E-state index contributed by atoms with van der Waals surface area (Å²) in [4.78, 5) is 16.7. The van der Waals surface area contributed by atoms with Gasteiger partial charge in [-0.2, -0.15) is 0 Å². The van der Waals surface area contributed by atoms with Crippen molar-refractivity contribution in [2.45, 2.75) is 37.0 Å². The van der Waals surface area contributed by atoms with E-state index in [1.165, 1.54) is 58.0 Å². The quantitative estimate of drug-likeness (QED) is 0.194. The van der Waals surface area contributed by atoms with Gasteiger partial charge in [-0.15, -0.1) is 11.3 Å². The molecule has 3 nitrogen and oxygen atoms in total. The zero-order valence-corrected chi connectivity index (χ0v) is 26.3. The summed E-state index contributed by atoms with van der Waals surface area (Å²) in [6, 6.07) is 50.4. The van der Waals surface area contributed by atoms with Crippen molar-refractivity contribution in [1.82, 2.24) is 15.0 Å². The first-order valence-electron chi connectivity index (χ1n) is 16.4. The summed E-state index contributed by atoms with van der Waals surface area (Å²) in [7, 11) is 0. The van der Waals surface area contributed by atoms with E-state index < -0.39 is 0 Å². The van der Waals surface area contributed by atoms with Crippen molar-refractivity contribution in [3.05, 3.63) is 162 Å². The molecule has 7 aromatic rings. The molecule has 5 aromatic carbocycles. The lowest BCUT2D eigenvalue weighted by molar-refractivity contribution is 0.262. The minimum Gasteiger partial charge on any atom is -0.208 e. The van der Waals surface area contributed by atoms with Crippen LogP contribution in [0.4, 0.5) is 0 Å². The van der Waals surface area contributed by atoms with Crippen LogP contribution in [0.3, 0.4) is 0 Å². The normalized spacial score (nSPS) is 18.3. The maximum Gasteiger partial charge on any atom is 0.174 e. The molecule has 1 fully saturated rings. The summed E-state index contributed by atoms with van der Waals surface area (Å²) in [6.45, 7) is 0. The van der Waals surface area contributed by atoms with Gasteiger partial charge in [0, 0.05) is 21.2 Å². The SMILES string of the molecule is c1ccc(-c2nc(-c3cc4ccccc4s3)nc(-c3cccc4c3C3CCCCC3C4(c3ccccc3)c3ccccc3)n2)cc1. The van der Waals surface area contributed by atoms with Crippen LogP contribution in [-0.4, -0.2) is 15.0 Å². The Labute approximate surface area is 273 Å². The van der Waals surface area contributed by atoms with Crippen LogP contribution >= 0.6 is 11.3 Å². The van der Waals surface area contributed by atoms with E-state index in [-0.39, 0.29) is 5.41 Å². The van der Waals surface area contributed by atoms with E-state index in [2.05, 4.69) is 133 Å². The highest BCUT2D eigenvalue weighted by Crippen LogP contribution is 2.63. The van der Waals surface area contributed by atoms with E-state index in [9.17, 15) is 0 Å². The summed E-state index contributed by atoms with van der Waals surface area (Å²) in [5.74, 6) is 3.09. The fourth-order valence-corrected chi connectivity index (χ4v) is 9.42. The highest BCUT2D eigenvalue weighted by molar-refractivity contribution is 7.22. The Balaban J connectivity index is 1.32. The van der Waals surface area contributed by atoms with Crippen molar-refractivity contribution in [3.63, 3.8) is 0 Å². The van der Waals surface area contributed by atoms with Crippen molar-refractivity contribution >= 4 is 21.4 Å². The number of benzene rings is 5. The van der Waals surface area contributed by atoms with Gasteiger partial charge < -0.3 is 0 Å². The molecular formula is C42H33N3S. The van der Waals surface area contributed by atoms with Gasteiger partial charge in [0.25, 0.3) is 0 Å². The number of aromatic nitrogens is 3. The van der Waals surface area contributed by atoms with E-state index in [4.69, 9.17) is 15.0 Å². The minimum absolute atomic E-state index is 0.234. The van der Waals surface area contributed by atoms with Crippen LogP contribution in [0, 0.1) is 5.92 Å². The van der Waals surface area contributed by atoms with E-state index in [0.717, 1.165) is 27.7 Å². The van der Waals surface area contributed by atoms with Crippen LogP contribution in [0.2, 0.25) is 0 Å². The summed E-state index contributed by atoms with van der Waals surface area (Å²) < 4.78 is 1.24. The van der Waals surface area contributed by atoms with Gasteiger partial charge >= 0.3 is 0 Å². The largest absolute Gasteiger partial charge is 0.208 e. The molecule has 0 bridgehead atoms. The molecule has 2 aliphatic rings. The fourth-order valence-electron chi connectivity index (χ4n) is 8.42. The molecule has 0 N–H and O–H groups in total. The van der Waals surface area contributed by atoms with E-state index >= 15 is 0 Å². The van der Waals surface area contributed by atoms with Crippen LogP contribution in [0.5, 0.6) is 0 Å². The van der Waals surface area contributed by atoms with E-state index in [1.54, 1.807) is 11.3 Å². The molecule has 2 atom stereocenters. The molecule has 1 saturated carbocycles. The van der Waals surface area contributed by atoms with Gasteiger partial charge in [0.2, 0.25) is 0 Å². The molecule has 2 aromatic heterocycles. The zero-order chi connectivity index (χ0) is 30.5. The third-order valence-corrected chi connectivity index (χ3v) is 11.3. The van der Waals surface area contributed by atoms with Crippen molar-refractivity contribution in [2.24, 2.45) is 5.92 Å². The average Bonchev–Trinajstić information content (AvgIpc) is 3.71. The maximum atomic E-state index is 5.29. The van der Waals surface area contributed by atoms with Gasteiger partial charge in [0.1, 0.15) is 0 Å². The van der Waals surface area contributed by atoms with Gasteiger partial charge in [-0.05, 0) is 64.5 Å². The van der Waals surface area contributed by atoms with Crippen molar-refractivity contribution in [3.8, 4) is 33.5 Å². The summed E-state index contributed by atoms with van der Waals surface area (Å²) in [6.07, 6.45) is 4.87. The van der Waals surface area contributed by atoms with Gasteiger partial charge in [-0.25, -0.2) is 15.0 Å². The number of rotatable bonds is 5. The first-order chi connectivity index (χ1) is 22.8. The first-order valence-corrected chi connectivity index (χ1v) is 17.2. The Morgan fingerprint density at radius 2 is 1.20 bits per heavy atom. The van der Waals surface area contributed by atoms with Crippen molar-refractivity contribution < 1.29 is 0 Å². The standard InChI is InChI=1S/C42H33N3S/c1-4-15-28(16-5-1)39-43-40(45-41(44-39)37-27-29-17-10-13-26-36(29)46-37)33-23-14-25-35-38(33)32-22-11-12-24-34(32)42(35,30-18-6-2-7-19-30)31-20-8-3-9-21-31/h1-10,13-21,23,25-27,32,34H,11-12,22,24H2. The number of hydrogen-bond donors (Lipinski definition) is 0. The molecule has 4 heteroatoms. The van der Waals surface area contributed by atoms with E-state index in [1.807, 2.05) is 6.07 Å². The molecule has 0 radical (unpaired) electrons. The van der Waals surface area contributed by atoms with E-state index in [0.29, 0.717) is 17.7 Å². The van der Waals surface area contributed by atoms with Gasteiger partial charge in [0.05, 0.1) is 4.88 Å². The molecule has 0 aliphatic heterocycles. The minimum atomic E-state index is -0.234. The monoisotopic (exact) mass is 611 g/mol. The molecule has 0 saturated heterocycles. The Morgan fingerprint density at radius 3 is 1.93 bits per heavy atom. The predicted octanol–water partition coefficient (Wildman–Crippen LogP) is 10.7. The summed E-state index contributed by atoms with van der Waals surface area (Å²) in [5, 5.41) is 1.21. The molecule has 222 valence electrons. The number of nitrogens with zero attached hydrogens (tertiary/aromatic N) is 3. The Kier molecular flexibility index (Phi) is 6.64. The molecule has 2 unspecified atom stereocenters. The lowest BCUT2D eigenvalue weighted by atomic mass is 9.61. The van der Waals surface area contributed by atoms with Gasteiger partial charge in [-0.1, -0.05) is 140 Å². The van der Waals surface area contributed by atoms with Crippen LogP contribution in [-0.2, 0) is 5.41 Å². The lowest BCUT2D eigenvalue weighted by Gasteiger charge is -2.41. The second-order valence-corrected chi connectivity index (χ2v) is 13.7. The van der Waals surface area contributed by atoms with Crippen LogP contribution in [0.15, 0.2) is 140 Å². The second kappa shape index (κ2) is 11.1. The van der Waals surface area contributed by atoms with Gasteiger partial charge in [0.15, 0.2) is 17.5 Å². The third kappa shape index (κ3) is 4.28. The topological polar surface area (TPSA) is 38.7 Å². The van der Waals surface area contributed by atoms with Crippen LogP contribution in [0.1, 0.15) is 53.9 Å².